The Morgan fingerprint density at radius 3 is 2.91 bits per heavy atom. The van der Waals surface area contributed by atoms with Crippen molar-refractivity contribution in [1.29, 1.82) is 0 Å². The van der Waals surface area contributed by atoms with Crippen molar-refractivity contribution in [3.63, 3.8) is 0 Å². The number of benzene rings is 1. The zero-order valence-corrected chi connectivity index (χ0v) is 13.4. The Labute approximate surface area is 136 Å². The van der Waals surface area contributed by atoms with E-state index in [0.29, 0.717) is 10.9 Å². The molecule has 2 amide bonds. The molecule has 3 rings (SSSR count). The monoisotopic (exact) mass is 323 g/mol. The van der Waals surface area contributed by atoms with Gasteiger partial charge in [-0.3, -0.25) is 4.90 Å². The molecule has 6 heteroatoms. The van der Waals surface area contributed by atoms with Gasteiger partial charge >= 0.3 is 6.03 Å². The summed E-state index contributed by atoms with van der Waals surface area (Å²) in [5, 5.41) is 3.55. The number of amides is 2. The summed E-state index contributed by atoms with van der Waals surface area (Å²) in [4.78, 5) is 16.6. The largest absolute Gasteiger partial charge is 0.379 e. The Balaban J connectivity index is 1.48. The summed E-state index contributed by atoms with van der Waals surface area (Å²) >= 11 is 5.94. The van der Waals surface area contributed by atoms with Gasteiger partial charge in [-0.1, -0.05) is 17.7 Å². The minimum atomic E-state index is -0.0354. The number of nitrogens with one attached hydrogen (secondary N) is 1. The lowest BCUT2D eigenvalue weighted by Crippen LogP contribution is -2.40. The Bertz CT molecular complexity index is 520. The van der Waals surface area contributed by atoms with Crippen LogP contribution in [-0.4, -0.2) is 61.8 Å². The van der Waals surface area contributed by atoms with E-state index in [0.717, 1.165) is 58.0 Å². The second kappa shape index (κ2) is 7.31. The fraction of sp³-hybridized carbons (Fsp3) is 0.562. The third-order valence-electron chi connectivity index (χ3n) is 4.27. The van der Waals surface area contributed by atoms with Crippen molar-refractivity contribution >= 4 is 23.3 Å². The van der Waals surface area contributed by atoms with Crippen LogP contribution in [-0.2, 0) is 4.74 Å². The van der Waals surface area contributed by atoms with E-state index in [1.54, 1.807) is 12.1 Å². The van der Waals surface area contributed by atoms with Crippen LogP contribution < -0.4 is 5.32 Å². The molecule has 1 aromatic rings. The van der Waals surface area contributed by atoms with Crippen molar-refractivity contribution in [1.82, 2.24) is 9.80 Å². The average Bonchev–Trinajstić information content (AvgIpc) is 2.97. The number of likely N-dealkylation sites (tertiary alicyclic amines) is 1. The van der Waals surface area contributed by atoms with Gasteiger partial charge in [0.2, 0.25) is 0 Å². The first kappa shape index (κ1) is 15.6. The van der Waals surface area contributed by atoms with E-state index < -0.39 is 0 Å². The van der Waals surface area contributed by atoms with Gasteiger partial charge in [-0.25, -0.2) is 4.79 Å². The third-order valence-corrected chi connectivity index (χ3v) is 4.50. The Hall–Kier alpha value is -1.30. The van der Waals surface area contributed by atoms with E-state index in [-0.39, 0.29) is 6.03 Å². The number of morpholine rings is 1. The molecular formula is C16H22ClN3O2. The molecule has 0 bridgehead atoms. The van der Waals surface area contributed by atoms with Crippen LogP contribution in [0.2, 0.25) is 5.02 Å². The highest BCUT2D eigenvalue weighted by Crippen LogP contribution is 2.20. The molecule has 120 valence electrons. The van der Waals surface area contributed by atoms with Crippen molar-refractivity contribution < 1.29 is 9.53 Å². The lowest BCUT2D eigenvalue weighted by atomic mass is 10.1. The first-order chi connectivity index (χ1) is 10.7. The number of hydrogen-bond donors (Lipinski definition) is 1. The SMILES string of the molecule is O=C(Nc1cccc(Cl)c1)N1CCC(CN2CCOCC2)C1. The topological polar surface area (TPSA) is 44.8 Å². The molecule has 0 spiro atoms. The average molecular weight is 324 g/mol. The van der Waals surface area contributed by atoms with Gasteiger partial charge in [-0.15, -0.1) is 0 Å². The Morgan fingerprint density at radius 2 is 2.14 bits per heavy atom. The maximum Gasteiger partial charge on any atom is 0.321 e. The summed E-state index contributed by atoms with van der Waals surface area (Å²) in [5.41, 5.74) is 0.745. The summed E-state index contributed by atoms with van der Waals surface area (Å²) in [6.07, 6.45) is 1.07. The number of nitrogens with zero attached hydrogens (tertiary/aromatic N) is 2. The molecular weight excluding hydrogens is 302 g/mol. The van der Waals surface area contributed by atoms with Crippen LogP contribution in [0.3, 0.4) is 0 Å². The number of hydrogen-bond acceptors (Lipinski definition) is 3. The van der Waals surface area contributed by atoms with Gasteiger partial charge in [0.15, 0.2) is 0 Å². The second-order valence-electron chi connectivity index (χ2n) is 5.95. The number of urea groups is 1. The highest BCUT2D eigenvalue weighted by molar-refractivity contribution is 6.30. The van der Waals surface area contributed by atoms with E-state index in [9.17, 15) is 4.79 Å². The minimum Gasteiger partial charge on any atom is -0.379 e. The van der Waals surface area contributed by atoms with Gasteiger partial charge in [0.1, 0.15) is 0 Å². The second-order valence-corrected chi connectivity index (χ2v) is 6.39. The predicted octanol–water partition coefficient (Wildman–Crippen LogP) is 2.53. The molecule has 2 heterocycles. The molecule has 1 aromatic carbocycles. The molecule has 5 nitrogen and oxygen atoms in total. The highest BCUT2D eigenvalue weighted by atomic mass is 35.5. The van der Waals surface area contributed by atoms with Crippen LogP contribution in [0.1, 0.15) is 6.42 Å². The normalized spacial score (nSPS) is 22.8. The zero-order valence-electron chi connectivity index (χ0n) is 12.6. The molecule has 0 aliphatic carbocycles. The van der Waals surface area contributed by atoms with Crippen molar-refractivity contribution in [2.75, 3.05) is 51.3 Å². The molecule has 2 aliphatic rings. The molecule has 0 saturated carbocycles. The predicted molar refractivity (Wildman–Crippen MR) is 87.4 cm³/mol. The van der Waals surface area contributed by atoms with Crippen LogP contribution >= 0.6 is 11.6 Å². The highest BCUT2D eigenvalue weighted by Gasteiger charge is 2.28. The van der Waals surface area contributed by atoms with Crippen LogP contribution in [0.4, 0.5) is 10.5 Å². The summed E-state index contributed by atoms with van der Waals surface area (Å²) in [7, 11) is 0. The molecule has 22 heavy (non-hydrogen) atoms. The molecule has 1 atom stereocenters. The van der Waals surface area contributed by atoms with Gasteiger partial charge in [-0.2, -0.15) is 0 Å². The molecule has 2 fully saturated rings. The van der Waals surface area contributed by atoms with Gasteiger partial charge < -0.3 is 15.0 Å². The summed E-state index contributed by atoms with van der Waals surface area (Å²) < 4.78 is 5.37. The Morgan fingerprint density at radius 1 is 1.32 bits per heavy atom. The van der Waals surface area contributed by atoms with Gasteiger partial charge in [0, 0.05) is 43.4 Å². The van der Waals surface area contributed by atoms with E-state index >= 15 is 0 Å². The molecule has 1 N–H and O–H groups in total. The number of carbonyl (C=O) groups is 1. The fourth-order valence-electron chi connectivity index (χ4n) is 3.08. The maximum absolute atomic E-state index is 12.3. The fourth-order valence-corrected chi connectivity index (χ4v) is 3.27. The number of rotatable bonds is 3. The third kappa shape index (κ3) is 4.12. The van der Waals surface area contributed by atoms with Crippen molar-refractivity contribution in [2.24, 2.45) is 5.92 Å². The van der Waals surface area contributed by atoms with E-state index in [4.69, 9.17) is 16.3 Å². The van der Waals surface area contributed by atoms with E-state index in [2.05, 4.69) is 10.2 Å². The molecule has 0 aromatic heterocycles. The smallest absolute Gasteiger partial charge is 0.321 e. The molecule has 1 unspecified atom stereocenters. The zero-order chi connectivity index (χ0) is 15.4. The Kier molecular flexibility index (Phi) is 5.18. The van der Waals surface area contributed by atoms with Crippen LogP contribution in [0.15, 0.2) is 24.3 Å². The number of halogens is 1. The van der Waals surface area contributed by atoms with Crippen LogP contribution in [0, 0.1) is 5.92 Å². The van der Waals surface area contributed by atoms with Gasteiger partial charge in [0.05, 0.1) is 13.2 Å². The van der Waals surface area contributed by atoms with Gasteiger partial charge in [0.25, 0.3) is 0 Å². The molecule has 2 aliphatic heterocycles. The van der Waals surface area contributed by atoms with Crippen molar-refractivity contribution in [2.45, 2.75) is 6.42 Å². The lowest BCUT2D eigenvalue weighted by molar-refractivity contribution is 0.0314. The quantitative estimate of drug-likeness (QED) is 0.929. The summed E-state index contributed by atoms with van der Waals surface area (Å²) in [6.45, 7) is 6.36. The van der Waals surface area contributed by atoms with Gasteiger partial charge in [-0.05, 0) is 30.5 Å². The minimum absolute atomic E-state index is 0.0354. The first-order valence-corrected chi connectivity index (χ1v) is 8.20. The van der Waals surface area contributed by atoms with E-state index in [1.165, 1.54) is 0 Å². The molecule has 0 radical (unpaired) electrons. The lowest BCUT2D eigenvalue weighted by Gasteiger charge is -2.29. The standard InChI is InChI=1S/C16H22ClN3O2/c17-14-2-1-3-15(10-14)18-16(21)20-5-4-13(12-20)11-19-6-8-22-9-7-19/h1-3,10,13H,4-9,11-12H2,(H,18,21). The number of ether oxygens (including phenoxy) is 1. The van der Waals surface area contributed by atoms with Crippen LogP contribution in [0.25, 0.3) is 0 Å². The van der Waals surface area contributed by atoms with Crippen molar-refractivity contribution in [3.05, 3.63) is 29.3 Å². The van der Waals surface area contributed by atoms with Crippen LogP contribution in [0.5, 0.6) is 0 Å². The van der Waals surface area contributed by atoms with E-state index in [1.807, 2.05) is 17.0 Å². The number of anilines is 1. The number of carbonyl (C=O) groups excluding carboxylic acids is 1. The summed E-state index contributed by atoms with van der Waals surface area (Å²) in [5.74, 6) is 0.559. The molecule has 2 saturated heterocycles. The summed E-state index contributed by atoms with van der Waals surface area (Å²) in [6, 6.07) is 7.21. The maximum atomic E-state index is 12.3. The first-order valence-electron chi connectivity index (χ1n) is 7.82. The van der Waals surface area contributed by atoms with Crippen molar-refractivity contribution in [3.8, 4) is 0 Å².